The fourth-order valence-corrected chi connectivity index (χ4v) is 4.08. The number of amides is 2. The molecule has 2 aromatic heterocycles. The maximum Gasteiger partial charge on any atom is 0.257 e. The molecule has 3 heterocycles. The van der Waals surface area contributed by atoms with E-state index in [1.165, 1.54) is 0 Å². The summed E-state index contributed by atoms with van der Waals surface area (Å²) in [5, 5.41) is 3.01. The monoisotopic (exact) mass is 422 g/mol. The molecule has 1 N–H and O–H groups in total. The topological polar surface area (TPSA) is 67.2 Å². The minimum absolute atomic E-state index is 0.0277. The highest BCUT2D eigenvalue weighted by atomic mass is 16.2. The van der Waals surface area contributed by atoms with Crippen LogP contribution in [0, 0.1) is 0 Å². The lowest BCUT2D eigenvalue weighted by Gasteiger charge is -2.17. The van der Waals surface area contributed by atoms with Crippen molar-refractivity contribution in [1.29, 1.82) is 0 Å². The smallest absolute Gasteiger partial charge is 0.257 e. The number of para-hydroxylation sites is 1. The minimum atomic E-state index is -0.171. The lowest BCUT2D eigenvalue weighted by molar-refractivity contribution is -0.117. The van der Waals surface area contributed by atoms with Gasteiger partial charge in [-0.3, -0.25) is 14.6 Å². The molecule has 4 aromatic rings. The van der Waals surface area contributed by atoms with Crippen LogP contribution in [0.2, 0.25) is 0 Å². The molecule has 2 aromatic carbocycles. The van der Waals surface area contributed by atoms with Crippen LogP contribution in [0.1, 0.15) is 21.6 Å². The van der Waals surface area contributed by atoms with E-state index in [9.17, 15) is 9.59 Å². The number of fused-ring (bicyclic) bond motifs is 1. The van der Waals surface area contributed by atoms with E-state index in [1.54, 1.807) is 11.1 Å². The summed E-state index contributed by atoms with van der Waals surface area (Å²) in [6.07, 6.45) is 6.56. The van der Waals surface area contributed by atoms with Crippen molar-refractivity contribution in [2.75, 3.05) is 16.8 Å². The molecule has 32 heavy (non-hydrogen) atoms. The first-order valence-electron chi connectivity index (χ1n) is 10.6. The third kappa shape index (κ3) is 3.90. The maximum atomic E-state index is 13.0. The van der Waals surface area contributed by atoms with Crippen LogP contribution in [0.5, 0.6) is 0 Å². The van der Waals surface area contributed by atoms with Gasteiger partial charge in [-0.2, -0.15) is 0 Å². The predicted octanol–water partition coefficient (Wildman–Crippen LogP) is 4.26. The minimum Gasteiger partial charge on any atom is -0.323 e. The van der Waals surface area contributed by atoms with Gasteiger partial charge in [0, 0.05) is 42.2 Å². The van der Waals surface area contributed by atoms with E-state index in [-0.39, 0.29) is 18.2 Å². The van der Waals surface area contributed by atoms with E-state index in [1.807, 2.05) is 89.8 Å². The summed E-state index contributed by atoms with van der Waals surface area (Å²) in [5.41, 5.74) is 4.85. The second-order valence-electron chi connectivity index (χ2n) is 7.70. The van der Waals surface area contributed by atoms with Gasteiger partial charge in [-0.25, -0.2) is 0 Å². The number of nitrogens with zero attached hydrogens (tertiary/aromatic N) is 3. The summed E-state index contributed by atoms with van der Waals surface area (Å²) in [5.74, 6) is -0.143. The van der Waals surface area contributed by atoms with Crippen LogP contribution in [0.15, 0.2) is 91.4 Å². The number of benzene rings is 2. The number of hydrogen-bond acceptors (Lipinski definition) is 3. The largest absolute Gasteiger partial charge is 0.323 e. The van der Waals surface area contributed by atoms with E-state index in [2.05, 4.69) is 10.3 Å². The Hall–Kier alpha value is -4.19. The molecule has 0 spiro atoms. The molecule has 0 atom stereocenters. The maximum absolute atomic E-state index is 13.0. The summed E-state index contributed by atoms with van der Waals surface area (Å²) >= 11 is 0. The Morgan fingerprint density at radius 2 is 1.72 bits per heavy atom. The average molecular weight is 422 g/mol. The highest BCUT2D eigenvalue weighted by Crippen LogP contribution is 2.31. The van der Waals surface area contributed by atoms with Crippen LogP contribution in [0.3, 0.4) is 0 Å². The number of rotatable bonds is 5. The first kappa shape index (κ1) is 19.8. The number of nitrogens with one attached hydrogen (secondary N) is 1. The van der Waals surface area contributed by atoms with Crippen molar-refractivity contribution in [1.82, 2.24) is 9.55 Å². The van der Waals surface area contributed by atoms with Crippen LogP contribution in [-0.2, 0) is 17.6 Å². The molecule has 6 heteroatoms. The van der Waals surface area contributed by atoms with Crippen molar-refractivity contribution in [3.63, 3.8) is 0 Å². The van der Waals surface area contributed by atoms with Gasteiger partial charge < -0.3 is 14.8 Å². The van der Waals surface area contributed by atoms with Crippen molar-refractivity contribution >= 4 is 23.2 Å². The van der Waals surface area contributed by atoms with Crippen LogP contribution in [-0.4, -0.2) is 27.9 Å². The molecular formula is C26H22N4O2. The second kappa shape index (κ2) is 8.51. The Morgan fingerprint density at radius 1 is 0.906 bits per heavy atom. The van der Waals surface area contributed by atoms with E-state index in [0.717, 1.165) is 34.7 Å². The standard InChI is InChI=1S/C26H22N4O2/c31-25(18-20-7-3-4-13-27-20)30-16-12-19-17-21(10-11-23(19)30)28-26(32)22-8-1-2-9-24(22)29-14-5-6-15-29/h1-11,13-15,17H,12,16,18H2,(H,28,32). The molecule has 0 bridgehead atoms. The molecular weight excluding hydrogens is 400 g/mol. The van der Waals surface area contributed by atoms with Crippen molar-refractivity contribution in [3.05, 3.63) is 108 Å². The number of carbonyl (C=O) groups excluding carboxylic acids is 2. The molecule has 6 nitrogen and oxygen atoms in total. The van der Waals surface area contributed by atoms with Gasteiger partial charge >= 0.3 is 0 Å². The highest BCUT2D eigenvalue weighted by Gasteiger charge is 2.25. The first-order valence-corrected chi connectivity index (χ1v) is 10.6. The molecule has 0 saturated carbocycles. The van der Waals surface area contributed by atoms with Gasteiger partial charge in [0.05, 0.1) is 17.7 Å². The second-order valence-corrected chi connectivity index (χ2v) is 7.70. The normalized spacial score (nSPS) is 12.4. The fraction of sp³-hybridized carbons (Fsp3) is 0.115. The van der Waals surface area contributed by atoms with E-state index >= 15 is 0 Å². The molecule has 0 unspecified atom stereocenters. The fourth-order valence-electron chi connectivity index (χ4n) is 4.08. The Balaban J connectivity index is 1.33. The first-order chi connectivity index (χ1) is 15.7. The van der Waals surface area contributed by atoms with Crippen molar-refractivity contribution < 1.29 is 9.59 Å². The molecule has 158 valence electrons. The summed E-state index contributed by atoms with van der Waals surface area (Å²) < 4.78 is 1.92. The summed E-state index contributed by atoms with van der Waals surface area (Å²) in [6, 6.07) is 22.7. The quantitative estimate of drug-likeness (QED) is 0.523. The zero-order chi connectivity index (χ0) is 21.9. The van der Waals surface area contributed by atoms with Gasteiger partial charge in [-0.15, -0.1) is 0 Å². The number of pyridine rings is 1. The van der Waals surface area contributed by atoms with E-state index in [4.69, 9.17) is 0 Å². The zero-order valence-electron chi connectivity index (χ0n) is 17.4. The Bertz CT molecular complexity index is 1270. The van der Waals surface area contributed by atoms with Gasteiger partial charge in [0.2, 0.25) is 5.91 Å². The summed E-state index contributed by atoms with van der Waals surface area (Å²) in [7, 11) is 0. The van der Waals surface area contributed by atoms with Crippen LogP contribution in [0.25, 0.3) is 5.69 Å². The van der Waals surface area contributed by atoms with Gasteiger partial charge in [0.1, 0.15) is 0 Å². The molecule has 5 rings (SSSR count). The zero-order valence-corrected chi connectivity index (χ0v) is 17.4. The van der Waals surface area contributed by atoms with Crippen LogP contribution in [0.4, 0.5) is 11.4 Å². The summed E-state index contributed by atoms with van der Waals surface area (Å²) in [4.78, 5) is 31.9. The highest BCUT2D eigenvalue weighted by molar-refractivity contribution is 6.07. The Kier molecular flexibility index (Phi) is 5.25. The SMILES string of the molecule is O=C(Nc1ccc2c(c1)CCN2C(=O)Cc1ccccn1)c1ccccc1-n1cccc1. The van der Waals surface area contributed by atoms with Gasteiger partial charge in [-0.05, 0) is 66.6 Å². The van der Waals surface area contributed by atoms with E-state index in [0.29, 0.717) is 12.1 Å². The van der Waals surface area contributed by atoms with E-state index < -0.39 is 0 Å². The van der Waals surface area contributed by atoms with Crippen LogP contribution >= 0.6 is 0 Å². The van der Waals surface area contributed by atoms with Crippen molar-refractivity contribution in [2.45, 2.75) is 12.8 Å². The molecule has 1 aliphatic rings. The lowest BCUT2D eigenvalue weighted by Crippen LogP contribution is -2.30. The third-order valence-corrected chi connectivity index (χ3v) is 5.62. The molecule has 0 aliphatic carbocycles. The van der Waals surface area contributed by atoms with Gasteiger partial charge in [0.15, 0.2) is 0 Å². The Morgan fingerprint density at radius 3 is 2.53 bits per heavy atom. The number of anilines is 2. The average Bonchev–Trinajstić information content (AvgIpc) is 3.50. The van der Waals surface area contributed by atoms with Crippen molar-refractivity contribution in [3.8, 4) is 5.69 Å². The molecule has 0 saturated heterocycles. The predicted molar refractivity (Wildman–Crippen MR) is 124 cm³/mol. The Labute approximate surface area is 186 Å². The lowest BCUT2D eigenvalue weighted by atomic mass is 10.1. The molecule has 2 amide bonds. The third-order valence-electron chi connectivity index (χ3n) is 5.62. The number of hydrogen-bond donors (Lipinski definition) is 1. The molecule has 0 radical (unpaired) electrons. The molecule has 0 fully saturated rings. The number of carbonyl (C=O) groups is 2. The van der Waals surface area contributed by atoms with Gasteiger partial charge in [-0.1, -0.05) is 18.2 Å². The molecule has 1 aliphatic heterocycles. The van der Waals surface area contributed by atoms with Crippen LogP contribution < -0.4 is 10.2 Å². The van der Waals surface area contributed by atoms with Crippen molar-refractivity contribution in [2.24, 2.45) is 0 Å². The summed E-state index contributed by atoms with van der Waals surface area (Å²) in [6.45, 7) is 0.634. The van der Waals surface area contributed by atoms with Gasteiger partial charge in [0.25, 0.3) is 5.91 Å². The number of aromatic nitrogens is 2.